The van der Waals surface area contributed by atoms with Gasteiger partial charge in [-0.05, 0) is 13.3 Å². The third-order valence-corrected chi connectivity index (χ3v) is 3.65. The summed E-state index contributed by atoms with van der Waals surface area (Å²) in [5, 5.41) is 16.3. The lowest BCUT2D eigenvalue weighted by Gasteiger charge is -2.21. The minimum atomic E-state index is -1.18. The lowest BCUT2D eigenvalue weighted by atomic mass is 10.1. The number of carbonyl (C=O) groups excluding carboxylic acids is 3. The molecule has 5 N–H and O–H groups in total. The Morgan fingerprint density at radius 3 is 2.71 bits per heavy atom. The number of hydrogen-bond acceptors (Lipinski definition) is 5. The Bertz CT molecular complexity index is 630. The van der Waals surface area contributed by atoms with Gasteiger partial charge in [-0.2, -0.15) is 0 Å². The number of carboxylic acids is 1. The Labute approximate surface area is 137 Å². The lowest BCUT2D eigenvalue weighted by Crippen LogP contribution is -2.54. The maximum atomic E-state index is 12.3. The molecule has 1 saturated heterocycles. The summed E-state index contributed by atoms with van der Waals surface area (Å²) in [4.78, 5) is 53.2. The third-order valence-electron chi connectivity index (χ3n) is 3.65. The molecule has 2 heterocycles. The molecule has 10 heteroatoms. The molecule has 130 valence electrons. The van der Waals surface area contributed by atoms with Crippen LogP contribution in [0.5, 0.6) is 0 Å². The Balaban J connectivity index is 2.04. The molecule has 0 spiro atoms. The van der Waals surface area contributed by atoms with Crippen molar-refractivity contribution < 1.29 is 24.3 Å². The summed E-state index contributed by atoms with van der Waals surface area (Å²) in [6, 6.07) is -2.77. The van der Waals surface area contributed by atoms with Gasteiger partial charge in [-0.1, -0.05) is 0 Å². The highest BCUT2D eigenvalue weighted by Crippen LogP contribution is 2.08. The third kappa shape index (κ3) is 4.54. The second-order valence-corrected chi connectivity index (χ2v) is 5.57. The van der Waals surface area contributed by atoms with Crippen LogP contribution >= 0.6 is 0 Å². The van der Waals surface area contributed by atoms with E-state index in [-0.39, 0.29) is 18.7 Å². The molecule has 1 aromatic rings. The van der Waals surface area contributed by atoms with E-state index < -0.39 is 35.9 Å². The number of aromatic amines is 1. The van der Waals surface area contributed by atoms with Crippen molar-refractivity contribution in [3.8, 4) is 0 Å². The van der Waals surface area contributed by atoms with Crippen molar-refractivity contribution in [3.63, 3.8) is 0 Å². The minimum absolute atomic E-state index is 0.116. The molecule has 24 heavy (non-hydrogen) atoms. The molecule has 0 saturated carbocycles. The van der Waals surface area contributed by atoms with Gasteiger partial charge in [0, 0.05) is 24.7 Å². The lowest BCUT2D eigenvalue weighted by molar-refractivity contribution is -0.141. The van der Waals surface area contributed by atoms with Gasteiger partial charge in [0.2, 0.25) is 17.7 Å². The number of carboxylic acid groups (broad SMARTS) is 1. The van der Waals surface area contributed by atoms with Gasteiger partial charge in [0.1, 0.15) is 18.1 Å². The fourth-order valence-electron chi connectivity index (χ4n) is 2.28. The summed E-state index contributed by atoms with van der Waals surface area (Å²) in [6.45, 7) is 1.33. The normalized spacial score (nSPS) is 19.2. The van der Waals surface area contributed by atoms with E-state index in [0.29, 0.717) is 12.1 Å². The van der Waals surface area contributed by atoms with Gasteiger partial charge in [-0.3, -0.25) is 19.2 Å². The Morgan fingerprint density at radius 2 is 2.17 bits per heavy atom. The van der Waals surface area contributed by atoms with E-state index >= 15 is 0 Å². The van der Waals surface area contributed by atoms with Gasteiger partial charge in [0.15, 0.2) is 0 Å². The van der Waals surface area contributed by atoms with Crippen molar-refractivity contribution in [2.75, 3.05) is 0 Å². The molecule has 1 fully saturated rings. The molecule has 3 atom stereocenters. The van der Waals surface area contributed by atoms with Gasteiger partial charge in [-0.15, -0.1) is 0 Å². The number of imidazole rings is 1. The van der Waals surface area contributed by atoms with Crippen LogP contribution in [0.15, 0.2) is 12.5 Å². The van der Waals surface area contributed by atoms with Gasteiger partial charge in [0.05, 0.1) is 6.33 Å². The Hall–Kier alpha value is -2.91. The van der Waals surface area contributed by atoms with Crippen LogP contribution in [0.4, 0.5) is 0 Å². The van der Waals surface area contributed by atoms with Crippen LogP contribution in [0.1, 0.15) is 25.5 Å². The molecule has 2 rings (SSSR count). The van der Waals surface area contributed by atoms with E-state index in [0.717, 1.165) is 0 Å². The molecule has 0 bridgehead atoms. The molecule has 3 amide bonds. The van der Waals surface area contributed by atoms with Crippen LogP contribution < -0.4 is 16.0 Å². The Morgan fingerprint density at radius 1 is 1.42 bits per heavy atom. The molecule has 0 aliphatic carbocycles. The predicted molar refractivity (Wildman–Crippen MR) is 80.6 cm³/mol. The van der Waals surface area contributed by atoms with Crippen molar-refractivity contribution in [2.45, 2.75) is 44.3 Å². The SMILES string of the molecule is C[C@@H](NC(=O)[C@H](Cc1cnc[nH]1)NC(=O)[C@@H]1CCC(=O)N1)C(=O)O. The molecular formula is C14H19N5O5. The molecule has 1 aromatic heterocycles. The highest BCUT2D eigenvalue weighted by atomic mass is 16.4. The van der Waals surface area contributed by atoms with Crippen LogP contribution in [0.25, 0.3) is 0 Å². The van der Waals surface area contributed by atoms with Crippen LogP contribution in [-0.2, 0) is 25.6 Å². The molecule has 0 unspecified atom stereocenters. The first-order valence-electron chi connectivity index (χ1n) is 7.47. The first kappa shape index (κ1) is 17.4. The summed E-state index contributed by atoms with van der Waals surface area (Å²) < 4.78 is 0. The van der Waals surface area contributed by atoms with Gasteiger partial charge in [0.25, 0.3) is 0 Å². The monoisotopic (exact) mass is 337 g/mol. The number of aliphatic carboxylic acids is 1. The molecular weight excluding hydrogens is 318 g/mol. The molecule has 1 aliphatic rings. The summed E-state index contributed by atoms with van der Waals surface area (Å²) in [5.74, 6) is -2.51. The first-order valence-corrected chi connectivity index (χ1v) is 7.47. The highest BCUT2D eigenvalue weighted by molar-refractivity contribution is 5.94. The van der Waals surface area contributed by atoms with Gasteiger partial charge in [-0.25, -0.2) is 4.98 Å². The van der Waals surface area contributed by atoms with Crippen LogP contribution in [0.3, 0.4) is 0 Å². The molecule has 10 nitrogen and oxygen atoms in total. The van der Waals surface area contributed by atoms with E-state index in [1.807, 2.05) is 0 Å². The number of carbonyl (C=O) groups is 4. The van der Waals surface area contributed by atoms with Crippen LogP contribution in [0.2, 0.25) is 0 Å². The van der Waals surface area contributed by atoms with Crippen molar-refractivity contribution in [1.82, 2.24) is 25.9 Å². The van der Waals surface area contributed by atoms with E-state index in [1.54, 1.807) is 0 Å². The van der Waals surface area contributed by atoms with Crippen LogP contribution in [-0.4, -0.2) is 56.9 Å². The second kappa shape index (κ2) is 7.57. The van der Waals surface area contributed by atoms with Crippen molar-refractivity contribution in [2.24, 2.45) is 0 Å². The van der Waals surface area contributed by atoms with E-state index in [4.69, 9.17) is 5.11 Å². The zero-order valence-electron chi connectivity index (χ0n) is 13.0. The molecule has 0 radical (unpaired) electrons. The number of aromatic nitrogens is 2. The topological polar surface area (TPSA) is 153 Å². The first-order chi connectivity index (χ1) is 11.4. The maximum Gasteiger partial charge on any atom is 0.325 e. The second-order valence-electron chi connectivity index (χ2n) is 5.57. The average molecular weight is 337 g/mol. The largest absolute Gasteiger partial charge is 0.480 e. The van der Waals surface area contributed by atoms with Gasteiger partial charge >= 0.3 is 5.97 Å². The van der Waals surface area contributed by atoms with Gasteiger partial charge < -0.3 is 26.0 Å². The Kier molecular flexibility index (Phi) is 5.51. The molecule has 0 aromatic carbocycles. The predicted octanol–water partition coefficient (Wildman–Crippen LogP) is -1.70. The standard InChI is InChI=1S/C14H19N5O5/c1-7(14(23)24)17-13(22)10(4-8-5-15-6-16-8)19-12(21)9-2-3-11(20)18-9/h5-7,9-10H,2-4H2,1H3,(H,15,16)(H,17,22)(H,18,20)(H,19,21)(H,23,24)/t7-,9+,10+/m1/s1. The summed E-state index contributed by atoms with van der Waals surface area (Å²) in [6.07, 6.45) is 3.66. The number of hydrogen-bond donors (Lipinski definition) is 5. The van der Waals surface area contributed by atoms with Crippen molar-refractivity contribution in [3.05, 3.63) is 18.2 Å². The van der Waals surface area contributed by atoms with Crippen LogP contribution in [0, 0.1) is 0 Å². The van der Waals surface area contributed by atoms with E-state index in [9.17, 15) is 19.2 Å². The summed E-state index contributed by atoms with van der Waals surface area (Å²) >= 11 is 0. The number of nitrogens with zero attached hydrogens (tertiary/aromatic N) is 1. The highest BCUT2D eigenvalue weighted by Gasteiger charge is 2.31. The fourth-order valence-corrected chi connectivity index (χ4v) is 2.28. The van der Waals surface area contributed by atoms with Crippen molar-refractivity contribution >= 4 is 23.7 Å². The van der Waals surface area contributed by atoms with Crippen molar-refractivity contribution in [1.29, 1.82) is 0 Å². The zero-order chi connectivity index (χ0) is 17.7. The molecule has 1 aliphatic heterocycles. The number of rotatable bonds is 7. The number of H-pyrrole nitrogens is 1. The number of amides is 3. The smallest absolute Gasteiger partial charge is 0.325 e. The average Bonchev–Trinajstić information content (AvgIpc) is 3.17. The van der Waals surface area contributed by atoms with E-state index in [1.165, 1.54) is 19.4 Å². The maximum absolute atomic E-state index is 12.3. The minimum Gasteiger partial charge on any atom is -0.480 e. The zero-order valence-corrected chi connectivity index (χ0v) is 13.0. The summed E-state index contributed by atoms with van der Waals surface area (Å²) in [7, 11) is 0. The fraction of sp³-hybridized carbons (Fsp3) is 0.500. The summed E-state index contributed by atoms with van der Waals surface area (Å²) in [5.41, 5.74) is 0.605. The number of nitrogens with one attached hydrogen (secondary N) is 4. The van der Waals surface area contributed by atoms with E-state index in [2.05, 4.69) is 25.9 Å². The quantitative estimate of drug-likeness (QED) is 0.400.